The van der Waals surface area contributed by atoms with Gasteiger partial charge >= 0.3 is 5.97 Å². The van der Waals surface area contributed by atoms with Gasteiger partial charge in [0.05, 0.1) is 13.0 Å². The summed E-state index contributed by atoms with van der Waals surface area (Å²) in [6.07, 6.45) is 3.17. The Morgan fingerprint density at radius 3 is 2.88 bits per heavy atom. The van der Waals surface area contributed by atoms with Crippen LogP contribution in [0, 0.1) is 5.92 Å². The monoisotopic (exact) mass is 240 g/mol. The maximum atomic E-state index is 11.4. The first-order valence-electron chi connectivity index (χ1n) is 6.79. The average molecular weight is 240 g/mol. The Bertz CT molecular complexity index is 270. The van der Waals surface area contributed by atoms with Gasteiger partial charge in [-0.3, -0.25) is 9.69 Å². The summed E-state index contributed by atoms with van der Waals surface area (Å²) in [6, 6.07) is 0.670. The van der Waals surface area contributed by atoms with Crippen LogP contribution in [0.25, 0.3) is 0 Å². The van der Waals surface area contributed by atoms with Crippen LogP contribution in [0.3, 0.4) is 0 Å². The molecule has 2 heterocycles. The Hall–Kier alpha value is -0.610. The van der Waals surface area contributed by atoms with Gasteiger partial charge in [0.1, 0.15) is 0 Å². The van der Waals surface area contributed by atoms with Crippen molar-refractivity contribution in [2.24, 2.45) is 5.92 Å². The molecule has 0 spiro atoms. The van der Waals surface area contributed by atoms with E-state index in [1.165, 1.54) is 19.4 Å². The maximum absolute atomic E-state index is 11.4. The highest BCUT2D eigenvalue weighted by atomic mass is 16.5. The number of carbonyl (C=O) groups is 1. The number of esters is 1. The van der Waals surface area contributed by atoms with Gasteiger partial charge in [-0.2, -0.15) is 0 Å². The lowest BCUT2D eigenvalue weighted by molar-refractivity contribution is -0.143. The third-order valence-corrected chi connectivity index (χ3v) is 4.09. The summed E-state index contributed by atoms with van der Waals surface area (Å²) in [5.41, 5.74) is 0. The Kier molecular flexibility index (Phi) is 4.40. The van der Waals surface area contributed by atoms with E-state index >= 15 is 0 Å². The molecular formula is C13H24N2O2. The van der Waals surface area contributed by atoms with E-state index in [1.807, 2.05) is 6.92 Å². The van der Waals surface area contributed by atoms with E-state index in [0.717, 1.165) is 25.6 Å². The Balaban J connectivity index is 1.79. The van der Waals surface area contributed by atoms with E-state index in [0.29, 0.717) is 19.1 Å². The lowest BCUT2D eigenvalue weighted by Gasteiger charge is -2.36. The number of hydrogen-bond donors (Lipinski definition) is 0. The molecule has 98 valence electrons. The third kappa shape index (κ3) is 3.19. The van der Waals surface area contributed by atoms with E-state index in [-0.39, 0.29) is 5.97 Å². The van der Waals surface area contributed by atoms with Crippen molar-refractivity contribution < 1.29 is 9.53 Å². The van der Waals surface area contributed by atoms with Crippen molar-refractivity contribution >= 4 is 5.97 Å². The third-order valence-electron chi connectivity index (χ3n) is 4.09. The van der Waals surface area contributed by atoms with Crippen LogP contribution in [-0.2, 0) is 9.53 Å². The molecule has 0 saturated carbocycles. The minimum atomic E-state index is -0.0554. The van der Waals surface area contributed by atoms with Crippen molar-refractivity contribution in [1.82, 2.24) is 9.80 Å². The molecule has 0 amide bonds. The molecule has 2 atom stereocenters. The topological polar surface area (TPSA) is 32.8 Å². The van der Waals surface area contributed by atoms with Gasteiger partial charge in [-0.05, 0) is 45.8 Å². The second-order valence-electron chi connectivity index (χ2n) is 5.26. The van der Waals surface area contributed by atoms with Crippen LogP contribution in [0.15, 0.2) is 0 Å². The average Bonchev–Trinajstić information content (AvgIpc) is 2.69. The highest BCUT2D eigenvalue weighted by molar-refractivity contribution is 5.69. The molecular weight excluding hydrogens is 216 g/mol. The lowest BCUT2D eigenvalue weighted by Crippen LogP contribution is -2.47. The fourth-order valence-corrected chi connectivity index (χ4v) is 3.13. The highest BCUT2D eigenvalue weighted by Crippen LogP contribution is 2.31. The molecule has 2 rings (SSSR count). The van der Waals surface area contributed by atoms with Crippen LogP contribution in [0.4, 0.5) is 0 Å². The first-order valence-corrected chi connectivity index (χ1v) is 6.79. The largest absolute Gasteiger partial charge is 0.466 e. The number of ether oxygens (including phenoxy) is 1. The normalized spacial score (nSPS) is 30.2. The van der Waals surface area contributed by atoms with E-state index in [1.54, 1.807) is 0 Å². The predicted octanol–water partition coefficient (Wildman–Crippen LogP) is 0.966. The minimum Gasteiger partial charge on any atom is -0.466 e. The van der Waals surface area contributed by atoms with Crippen molar-refractivity contribution in [2.45, 2.75) is 32.2 Å². The Morgan fingerprint density at radius 2 is 2.12 bits per heavy atom. The van der Waals surface area contributed by atoms with Gasteiger partial charge in [0.25, 0.3) is 0 Å². The first kappa shape index (κ1) is 12.8. The van der Waals surface area contributed by atoms with E-state index in [9.17, 15) is 4.79 Å². The van der Waals surface area contributed by atoms with Crippen molar-refractivity contribution in [3.05, 3.63) is 0 Å². The molecule has 0 aromatic carbocycles. The predicted molar refractivity (Wildman–Crippen MR) is 66.8 cm³/mol. The molecule has 2 fully saturated rings. The zero-order valence-electron chi connectivity index (χ0n) is 11.0. The molecule has 4 nitrogen and oxygen atoms in total. The fraction of sp³-hybridized carbons (Fsp3) is 0.923. The second-order valence-corrected chi connectivity index (χ2v) is 5.26. The lowest BCUT2D eigenvalue weighted by atomic mass is 9.92. The van der Waals surface area contributed by atoms with Crippen LogP contribution in [-0.4, -0.2) is 61.6 Å². The minimum absolute atomic E-state index is 0.0554. The Labute approximate surface area is 104 Å². The van der Waals surface area contributed by atoms with Crippen LogP contribution < -0.4 is 0 Å². The summed E-state index contributed by atoms with van der Waals surface area (Å²) in [5.74, 6) is 0.800. The van der Waals surface area contributed by atoms with Gasteiger partial charge in [-0.25, -0.2) is 0 Å². The first-order chi connectivity index (χ1) is 8.20. The molecule has 0 N–H and O–H groups in total. The number of carbonyl (C=O) groups excluding carboxylic acids is 1. The van der Waals surface area contributed by atoms with Gasteiger partial charge in [0.15, 0.2) is 0 Å². The summed E-state index contributed by atoms with van der Waals surface area (Å²) in [5, 5.41) is 0. The number of likely N-dealkylation sites (tertiary alicyclic amines) is 2. The number of nitrogens with zero attached hydrogens (tertiary/aromatic N) is 2. The molecule has 0 unspecified atom stereocenters. The molecule has 2 aliphatic rings. The van der Waals surface area contributed by atoms with Crippen LogP contribution >= 0.6 is 0 Å². The number of likely N-dealkylation sites (N-methyl/N-ethyl adjacent to an activating group) is 1. The number of rotatable bonds is 4. The molecule has 4 heteroatoms. The zero-order valence-corrected chi connectivity index (χ0v) is 11.0. The molecule has 0 radical (unpaired) electrons. The van der Waals surface area contributed by atoms with E-state index in [2.05, 4.69) is 16.8 Å². The van der Waals surface area contributed by atoms with Gasteiger partial charge in [-0.15, -0.1) is 0 Å². The van der Waals surface area contributed by atoms with Gasteiger partial charge in [-0.1, -0.05) is 0 Å². The van der Waals surface area contributed by atoms with Crippen molar-refractivity contribution in [3.8, 4) is 0 Å². The van der Waals surface area contributed by atoms with Gasteiger partial charge < -0.3 is 9.64 Å². The molecule has 0 aliphatic carbocycles. The van der Waals surface area contributed by atoms with Crippen molar-refractivity contribution in [2.75, 3.05) is 39.8 Å². The fourth-order valence-electron chi connectivity index (χ4n) is 3.13. The molecule has 2 saturated heterocycles. The number of piperidine rings is 1. The quantitative estimate of drug-likeness (QED) is 0.685. The van der Waals surface area contributed by atoms with Crippen LogP contribution in [0.2, 0.25) is 0 Å². The molecule has 0 bridgehead atoms. The molecule has 0 aromatic rings. The molecule has 0 aromatic heterocycles. The maximum Gasteiger partial charge on any atom is 0.307 e. The van der Waals surface area contributed by atoms with Crippen LogP contribution in [0.1, 0.15) is 26.2 Å². The summed E-state index contributed by atoms with van der Waals surface area (Å²) in [7, 11) is 2.19. The van der Waals surface area contributed by atoms with E-state index in [4.69, 9.17) is 4.74 Å². The summed E-state index contributed by atoms with van der Waals surface area (Å²) >= 11 is 0. The van der Waals surface area contributed by atoms with Crippen LogP contribution in [0.5, 0.6) is 0 Å². The Morgan fingerprint density at radius 1 is 1.35 bits per heavy atom. The summed E-state index contributed by atoms with van der Waals surface area (Å²) in [6.45, 7) is 6.77. The van der Waals surface area contributed by atoms with Gasteiger partial charge in [0, 0.05) is 19.1 Å². The number of hydrogen-bond acceptors (Lipinski definition) is 4. The smallest absolute Gasteiger partial charge is 0.307 e. The molecule has 2 aliphatic heterocycles. The van der Waals surface area contributed by atoms with Crippen molar-refractivity contribution in [1.29, 1.82) is 0 Å². The number of fused-ring (bicyclic) bond motifs is 1. The second kappa shape index (κ2) is 5.83. The zero-order chi connectivity index (χ0) is 12.3. The molecule has 17 heavy (non-hydrogen) atoms. The van der Waals surface area contributed by atoms with Crippen molar-refractivity contribution in [3.63, 3.8) is 0 Å². The SMILES string of the molecule is CCOC(=O)CCN1CC[C@@H]2CCN(C)C[C@@H]21. The van der Waals surface area contributed by atoms with E-state index < -0.39 is 0 Å². The van der Waals surface area contributed by atoms with Gasteiger partial charge in [0.2, 0.25) is 0 Å². The standard InChI is InChI=1S/C13H24N2O2/c1-3-17-13(16)6-9-15-8-5-11-4-7-14(2)10-12(11)15/h11-12H,3-10H2,1-2H3/t11-,12-/m0/s1. The highest BCUT2D eigenvalue weighted by Gasteiger charge is 2.37. The summed E-state index contributed by atoms with van der Waals surface area (Å²) in [4.78, 5) is 16.3. The summed E-state index contributed by atoms with van der Waals surface area (Å²) < 4.78 is 4.98.